The number of methoxy groups -OCH3 is 1. The summed E-state index contributed by atoms with van der Waals surface area (Å²) in [5.74, 6) is -0.564. The van der Waals surface area contributed by atoms with Crippen LogP contribution in [0.4, 0.5) is 0 Å². The molecule has 1 rings (SSSR count). The molecule has 0 bridgehead atoms. The first-order valence-electron chi connectivity index (χ1n) is 6.66. The first kappa shape index (κ1) is 16.1. The molecule has 0 aromatic carbocycles. The summed E-state index contributed by atoms with van der Waals surface area (Å²) in [6.45, 7) is 1.33. The molecule has 0 fully saturated rings. The first-order valence-corrected chi connectivity index (χ1v) is 6.66. The molecule has 5 nitrogen and oxygen atoms in total. The van der Waals surface area contributed by atoms with Crippen LogP contribution in [0.2, 0.25) is 0 Å². The average molecular weight is 280 g/mol. The van der Waals surface area contributed by atoms with Crippen molar-refractivity contribution >= 4 is 17.7 Å². The molecule has 1 atom stereocenters. The molecule has 0 unspecified atom stereocenters. The largest absolute Gasteiger partial charge is 0.469 e. The van der Waals surface area contributed by atoms with Crippen LogP contribution in [0.3, 0.4) is 0 Å². The van der Waals surface area contributed by atoms with E-state index in [1.807, 2.05) is 12.2 Å². The van der Waals surface area contributed by atoms with E-state index in [9.17, 15) is 14.4 Å². The lowest BCUT2D eigenvalue weighted by Gasteiger charge is -2.05. The molecule has 0 spiro atoms. The molecule has 0 aromatic rings. The Morgan fingerprint density at radius 1 is 1.40 bits per heavy atom. The molecule has 1 aliphatic carbocycles. The highest BCUT2D eigenvalue weighted by atomic mass is 16.5. The van der Waals surface area contributed by atoms with Crippen LogP contribution in [0.25, 0.3) is 0 Å². The fourth-order valence-corrected chi connectivity index (χ4v) is 1.96. The van der Waals surface area contributed by atoms with Gasteiger partial charge in [0.1, 0.15) is 6.10 Å². The van der Waals surface area contributed by atoms with E-state index in [4.69, 9.17) is 4.74 Å². The second-order valence-electron chi connectivity index (χ2n) is 4.61. The van der Waals surface area contributed by atoms with Crippen molar-refractivity contribution in [2.45, 2.75) is 45.1 Å². The molecule has 0 saturated heterocycles. The van der Waals surface area contributed by atoms with E-state index in [-0.39, 0.29) is 24.1 Å². The molecule has 1 aliphatic rings. The molecule has 0 aromatic heterocycles. The number of hydrogen-bond donors (Lipinski definition) is 0. The van der Waals surface area contributed by atoms with Crippen molar-refractivity contribution in [3.8, 4) is 0 Å². The molecular weight excluding hydrogens is 260 g/mol. The van der Waals surface area contributed by atoms with Crippen LogP contribution in [0.15, 0.2) is 23.8 Å². The van der Waals surface area contributed by atoms with Crippen molar-refractivity contribution in [2.24, 2.45) is 0 Å². The second kappa shape index (κ2) is 8.30. The Morgan fingerprint density at radius 2 is 2.15 bits per heavy atom. The van der Waals surface area contributed by atoms with Gasteiger partial charge in [0.05, 0.1) is 13.5 Å². The minimum absolute atomic E-state index is 0.0236. The van der Waals surface area contributed by atoms with E-state index in [0.29, 0.717) is 18.4 Å². The quantitative estimate of drug-likeness (QED) is 0.406. The van der Waals surface area contributed by atoms with E-state index in [0.717, 1.165) is 12.8 Å². The van der Waals surface area contributed by atoms with Gasteiger partial charge in [-0.15, -0.1) is 0 Å². The highest BCUT2D eigenvalue weighted by Gasteiger charge is 2.24. The summed E-state index contributed by atoms with van der Waals surface area (Å²) in [6, 6.07) is 0. The number of carbonyl (C=O) groups excluding carboxylic acids is 3. The van der Waals surface area contributed by atoms with Crippen molar-refractivity contribution < 1.29 is 23.9 Å². The number of esters is 2. The van der Waals surface area contributed by atoms with Crippen LogP contribution in [0.1, 0.15) is 39.0 Å². The summed E-state index contributed by atoms with van der Waals surface area (Å²) < 4.78 is 9.52. The maximum Gasteiger partial charge on any atom is 0.305 e. The Morgan fingerprint density at radius 3 is 2.80 bits per heavy atom. The van der Waals surface area contributed by atoms with E-state index >= 15 is 0 Å². The molecular formula is C15H20O5. The lowest BCUT2D eigenvalue weighted by Crippen LogP contribution is -2.12. The van der Waals surface area contributed by atoms with Crippen LogP contribution in [-0.4, -0.2) is 30.9 Å². The van der Waals surface area contributed by atoms with Gasteiger partial charge in [-0.25, -0.2) is 0 Å². The highest BCUT2D eigenvalue weighted by molar-refractivity contribution is 5.98. The SMILES string of the molecule is COC(=O)CCC/C=C\CC1=C[C@H](OC(C)=O)CC1=O. The van der Waals surface area contributed by atoms with E-state index in [1.54, 1.807) is 6.08 Å². The van der Waals surface area contributed by atoms with Crippen LogP contribution in [0.5, 0.6) is 0 Å². The molecule has 0 heterocycles. The molecule has 0 saturated carbocycles. The fourth-order valence-electron chi connectivity index (χ4n) is 1.96. The molecule has 0 aliphatic heterocycles. The fraction of sp³-hybridized carbons (Fsp3) is 0.533. The first-order chi connectivity index (χ1) is 9.52. The van der Waals surface area contributed by atoms with E-state index in [2.05, 4.69) is 4.74 Å². The van der Waals surface area contributed by atoms with Crippen molar-refractivity contribution in [3.63, 3.8) is 0 Å². The normalized spacial score (nSPS) is 18.2. The lowest BCUT2D eigenvalue weighted by molar-refractivity contribution is -0.144. The number of Topliss-reactive ketones (excluding diaryl/α,β-unsaturated/α-hetero) is 1. The maximum atomic E-state index is 11.7. The summed E-state index contributed by atoms with van der Waals surface area (Å²) >= 11 is 0. The van der Waals surface area contributed by atoms with Gasteiger partial charge in [-0.05, 0) is 30.9 Å². The smallest absolute Gasteiger partial charge is 0.305 e. The van der Waals surface area contributed by atoms with Gasteiger partial charge >= 0.3 is 11.9 Å². The molecule has 0 N–H and O–H groups in total. The number of hydrogen-bond acceptors (Lipinski definition) is 5. The summed E-state index contributed by atoms with van der Waals surface area (Å²) in [4.78, 5) is 33.3. The van der Waals surface area contributed by atoms with Crippen LogP contribution >= 0.6 is 0 Å². The third kappa shape index (κ3) is 5.82. The van der Waals surface area contributed by atoms with Crippen LogP contribution in [0, 0.1) is 0 Å². The lowest BCUT2D eigenvalue weighted by atomic mass is 10.1. The minimum atomic E-state index is -0.414. The molecule has 0 radical (unpaired) electrons. The van der Waals surface area contributed by atoms with Crippen molar-refractivity contribution in [1.82, 2.24) is 0 Å². The Labute approximate surface area is 118 Å². The van der Waals surface area contributed by atoms with Crippen molar-refractivity contribution in [2.75, 3.05) is 7.11 Å². The van der Waals surface area contributed by atoms with Gasteiger partial charge < -0.3 is 9.47 Å². The number of ether oxygens (including phenoxy) is 2. The van der Waals surface area contributed by atoms with Crippen molar-refractivity contribution in [1.29, 1.82) is 0 Å². The average Bonchev–Trinajstić information content (AvgIpc) is 2.72. The van der Waals surface area contributed by atoms with Gasteiger partial charge in [0.25, 0.3) is 0 Å². The molecule has 20 heavy (non-hydrogen) atoms. The third-order valence-corrected chi connectivity index (χ3v) is 2.93. The zero-order valence-corrected chi connectivity index (χ0v) is 11.9. The Kier molecular flexibility index (Phi) is 6.70. The van der Waals surface area contributed by atoms with Gasteiger partial charge in [-0.1, -0.05) is 12.2 Å². The minimum Gasteiger partial charge on any atom is -0.469 e. The summed E-state index contributed by atoms with van der Waals surface area (Å²) in [7, 11) is 1.37. The number of allylic oxidation sites excluding steroid dienone is 3. The van der Waals surface area contributed by atoms with Gasteiger partial charge in [0.15, 0.2) is 5.78 Å². The number of ketones is 1. The summed E-state index contributed by atoms with van der Waals surface area (Å²) in [5.41, 5.74) is 0.681. The van der Waals surface area contributed by atoms with Crippen molar-refractivity contribution in [3.05, 3.63) is 23.8 Å². The van der Waals surface area contributed by atoms with Crippen LogP contribution < -0.4 is 0 Å². The summed E-state index contributed by atoms with van der Waals surface area (Å²) in [6.07, 6.45) is 7.81. The Bertz CT molecular complexity index is 434. The molecule has 0 amide bonds. The van der Waals surface area contributed by atoms with Gasteiger partial charge in [-0.3, -0.25) is 14.4 Å². The predicted octanol–water partition coefficient (Wildman–Crippen LogP) is 2.11. The predicted molar refractivity (Wildman–Crippen MR) is 72.9 cm³/mol. The van der Waals surface area contributed by atoms with E-state index in [1.165, 1.54) is 14.0 Å². The van der Waals surface area contributed by atoms with Gasteiger partial charge in [0, 0.05) is 13.3 Å². The van der Waals surface area contributed by atoms with Gasteiger partial charge in [-0.2, -0.15) is 0 Å². The highest BCUT2D eigenvalue weighted by Crippen LogP contribution is 2.21. The standard InChI is InChI=1S/C15H20O5/c1-11(16)20-13-9-12(14(17)10-13)7-5-3-4-6-8-15(18)19-2/h3,5,9,13H,4,6-8,10H2,1-2H3/b5-3-/t13-/m0/s1. The monoisotopic (exact) mass is 280 g/mol. The molecule has 110 valence electrons. The van der Waals surface area contributed by atoms with E-state index < -0.39 is 6.10 Å². The Balaban J connectivity index is 2.28. The second-order valence-corrected chi connectivity index (χ2v) is 4.61. The number of unbranched alkanes of at least 4 members (excludes halogenated alkanes) is 1. The third-order valence-electron chi connectivity index (χ3n) is 2.93. The zero-order chi connectivity index (χ0) is 15.0. The van der Waals surface area contributed by atoms with Crippen LogP contribution in [-0.2, 0) is 23.9 Å². The zero-order valence-electron chi connectivity index (χ0n) is 11.9. The number of rotatable bonds is 7. The molecule has 5 heteroatoms. The van der Waals surface area contributed by atoms with Gasteiger partial charge in [0.2, 0.25) is 0 Å². The maximum absolute atomic E-state index is 11.7. The Hall–Kier alpha value is -1.91. The summed E-state index contributed by atoms with van der Waals surface area (Å²) in [5, 5.41) is 0. The topological polar surface area (TPSA) is 69.7 Å². The number of carbonyl (C=O) groups is 3.